The van der Waals surface area contributed by atoms with Crippen LogP contribution in [0.15, 0.2) is 12.4 Å². The van der Waals surface area contributed by atoms with Crippen LogP contribution in [0.3, 0.4) is 0 Å². The van der Waals surface area contributed by atoms with E-state index in [1.807, 2.05) is 20.3 Å². The first-order valence-electron chi connectivity index (χ1n) is 4.56. The van der Waals surface area contributed by atoms with E-state index in [1.165, 1.54) is 0 Å². The van der Waals surface area contributed by atoms with Gasteiger partial charge in [0, 0.05) is 13.6 Å². The lowest BCUT2D eigenvalue weighted by atomic mass is 10.3. The SMILES string of the molecule is CCC(CNC)Oc1cnn(C)c1. The summed E-state index contributed by atoms with van der Waals surface area (Å²) in [6.45, 7) is 2.98. The van der Waals surface area contributed by atoms with Crippen LogP contribution in [0.5, 0.6) is 5.75 Å². The normalized spacial score (nSPS) is 12.8. The Hall–Kier alpha value is -1.03. The maximum atomic E-state index is 5.68. The highest BCUT2D eigenvalue weighted by molar-refractivity contribution is 5.11. The third kappa shape index (κ3) is 3.06. The lowest BCUT2D eigenvalue weighted by Gasteiger charge is -2.15. The van der Waals surface area contributed by atoms with Gasteiger partial charge in [0.15, 0.2) is 5.75 Å². The third-order valence-corrected chi connectivity index (χ3v) is 1.87. The predicted octanol–water partition coefficient (Wildman–Crippen LogP) is 0.797. The molecule has 1 heterocycles. The van der Waals surface area contributed by atoms with Crippen molar-refractivity contribution in [3.8, 4) is 5.75 Å². The van der Waals surface area contributed by atoms with E-state index in [9.17, 15) is 0 Å². The summed E-state index contributed by atoms with van der Waals surface area (Å²) in [6, 6.07) is 0. The Morgan fingerprint density at radius 3 is 2.92 bits per heavy atom. The summed E-state index contributed by atoms with van der Waals surface area (Å²) in [5, 5.41) is 7.13. The summed E-state index contributed by atoms with van der Waals surface area (Å²) < 4.78 is 7.42. The summed E-state index contributed by atoms with van der Waals surface area (Å²) in [4.78, 5) is 0. The van der Waals surface area contributed by atoms with Crippen molar-refractivity contribution in [3.63, 3.8) is 0 Å². The van der Waals surface area contributed by atoms with Crippen molar-refractivity contribution in [1.29, 1.82) is 0 Å². The molecule has 74 valence electrons. The van der Waals surface area contributed by atoms with Gasteiger partial charge in [-0.15, -0.1) is 0 Å². The zero-order chi connectivity index (χ0) is 9.68. The van der Waals surface area contributed by atoms with Gasteiger partial charge in [-0.1, -0.05) is 6.92 Å². The van der Waals surface area contributed by atoms with E-state index in [-0.39, 0.29) is 6.10 Å². The monoisotopic (exact) mass is 183 g/mol. The van der Waals surface area contributed by atoms with Gasteiger partial charge < -0.3 is 10.1 Å². The summed E-state index contributed by atoms with van der Waals surface area (Å²) in [5.74, 6) is 0.838. The quantitative estimate of drug-likeness (QED) is 0.733. The molecule has 4 nitrogen and oxygen atoms in total. The van der Waals surface area contributed by atoms with Crippen molar-refractivity contribution in [2.75, 3.05) is 13.6 Å². The summed E-state index contributed by atoms with van der Waals surface area (Å²) >= 11 is 0. The molecule has 0 fully saturated rings. The van der Waals surface area contributed by atoms with Crippen molar-refractivity contribution < 1.29 is 4.74 Å². The molecule has 1 N–H and O–H groups in total. The van der Waals surface area contributed by atoms with Crippen molar-refractivity contribution >= 4 is 0 Å². The van der Waals surface area contributed by atoms with Crippen LogP contribution >= 0.6 is 0 Å². The van der Waals surface area contributed by atoms with E-state index in [4.69, 9.17) is 4.74 Å². The maximum absolute atomic E-state index is 5.68. The molecule has 1 unspecified atom stereocenters. The number of nitrogens with zero attached hydrogens (tertiary/aromatic N) is 2. The van der Waals surface area contributed by atoms with E-state index in [2.05, 4.69) is 17.3 Å². The molecule has 4 heteroatoms. The first-order valence-corrected chi connectivity index (χ1v) is 4.56. The molecule has 0 saturated heterocycles. The van der Waals surface area contributed by atoms with Crippen molar-refractivity contribution in [1.82, 2.24) is 15.1 Å². The van der Waals surface area contributed by atoms with Crippen molar-refractivity contribution in [3.05, 3.63) is 12.4 Å². The molecule has 1 aromatic rings. The maximum Gasteiger partial charge on any atom is 0.157 e. The van der Waals surface area contributed by atoms with Crippen LogP contribution in [-0.4, -0.2) is 29.5 Å². The molecule has 0 saturated carbocycles. The lowest BCUT2D eigenvalue weighted by molar-refractivity contribution is 0.196. The van der Waals surface area contributed by atoms with E-state index < -0.39 is 0 Å². The Morgan fingerprint density at radius 2 is 2.46 bits per heavy atom. The fraction of sp³-hybridized carbons (Fsp3) is 0.667. The Balaban J connectivity index is 2.46. The number of hydrogen-bond acceptors (Lipinski definition) is 3. The number of hydrogen-bond donors (Lipinski definition) is 1. The third-order valence-electron chi connectivity index (χ3n) is 1.87. The fourth-order valence-electron chi connectivity index (χ4n) is 1.15. The Kier molecular flexibility index (Phi) is 3.76. The average molecular weight is 183 g/mol. The van der Waals surface area contributed by atoms with E-state index in [1.54, 1.807) is 10.9 Å². The fourth-order valence-corrected chi connectivity index (χ4v) is 1.15. The van der Waals surface area contributed by atoms with Crippen LogP contribution in [0, 0.1) is 0 Å². The second-order valence-electron chi connectivity index (χ2n) is 3.06. The Labute approximate surface area is 78.9 Å². The molecule has 1 aromatic heterocycles. The van der Waals surface area contributed by atoms with Gasteiger partial charge >= 0.3 is 0 Å². The Morgan fingerprint density at radius 1 is 1.69 bits per heavy atom. The van der Waals surface area contributed by atoms with Crippen LogP contribution in [-0.2, 0) is 7.05 Å². The number of ether oxygens (including phenoxy) is 1. The van der Waals surface area contributed by atoms with Crippen molar-refractivity contribution in [2.24, 2.45) is 7.05 Å². The molecule has 0 amide bonds. The summed E-state index contributed by atoms with van der Waals surface area (Å²) in [5.41, 5.74) is 0. The van der Waals surface area contributed by atoms with Gasteiger partial charge in [-0.2, -0.15) is 5.10 Å². The number of nitrogens with one attached hydrogen (secondary N) is 1. The molecule has 0 aliphatic carbocycles. The molecular weight excluding hydrogens is 166 g/mol. The molecule has 0 bridgehead atoms. The molecule has 0 aliphatic heterocycles. The van der Waals surface area contributed by atoms with Crippen LogP contribution in [0.25, 0.3) is 0 Å². The standard InChI is InChI=1S/C9H17N3O/c1-4-8(5-10-2)13-9-6-11-12(3)7-9/h6-8,10H,4-5H2,1-3H3. The average Bonchev–Trinajstić information content (AvgIpc) is 2.50. The zero-order valence-electron chi connectivity index (χ0n) is 8.45. The topological polar surface area (TPSA) is 39.1 Å². The summed E-state index contributed by atoms with van der Waals surface area (Å²) in [6.07, 6.45) is 4.83. The van der Waals surface area contributed by atoms with E-state index in [0.717, 1.165) is 18.7 Å². The van der Waals surface area contributed by atoms with E-state index >= 15 is 0 Å². The second-order valence-corrected chi connectivity index (χ2v) is 3.06. The molecule has 0 radical (unpaired) electrons. The van der Waals surface area contributed by atoms with Gasteiger partial charge in [-0.3, -0.25) is 4.68 Å². The van der Waals surface area contributed by atoms with Crippen molar-refractivity contribution in [2.45, 2.75) is 19.4 Å². The first-order chi connectivity index (χ1) is 6.26. The zero-order valence-corrected chi connectivity index (χ0v) is 8.45. The molecule has 0 aromatic carbocycles. The van der Waals surface area contributed by atoms with Crippen LogP contribution in [0.2, 0.25) is 0 Å². The molecule has 0 aliphatic rings. The van der Waals surface area contributed by atoms with Crippen LogP contribution in [0.4, 0.5) is 0 Å². The molecular formula is C9H17N3O. The minimum absolute atomic E-state index is 0.231. The highest BCUT2D eigenvalue weighted by Gasteiger charge is 2.07. The molecule has 1 rings (SSSR count). The lowest BCUT2D eigenvalue weighted by Crippen LogP contribution is -2.28. The largest absolute Gasteiger partial charge is 0.486 e. The molecule has 0 spiro atoms. The number of likely N-dealkylation sites (N-methyl/N-ethyl adjacent to an activating group) is 1. The Bertz CT molecular complexity index is 247. The van der Waals surface area contributed by atoms with Crippen LogP contribution < -0.4 is 10.1 Å². The minimum atomic E-state index is 0.231. The van der Waals surface area contributed by atoms with Gasteiger partial charge in [0.25, 0.3) is 0 Å². The smallest absolute Gasteiger partial charge is 0.157 e. The van der Waals surface area contributed by atoms with Gasteiger partial charge in [-0.05, 0) is 13.5 Å². The van der Waals surface area contributed by atoms with Gasteiger partial charge in [0.1, 0.15) is 6.10 Å². The first kappa shape index (κ1) is 10.1. The highest BCUT2D eigenvalue weighted by Crippen LogP contribution is 2.10. The second kappa shape index (κ2) is 4.87. The van der Waals surface area contributed by atoms with Gasteiger partial charge in [0.05, 0.1) is 12.4 Å². The number of aryl methyl sites for hydroxylation is 1. The molecule has 13 heavy (non-hydrogen) atoms. The van der Waals surface area contributed by atoms with Gasteiger partial charge in [0.2, 0.25) is 0 Å². The van der Waals surface area contributed by atoms with Gasteiger partial charge in [-0.25, -0.2) is 0 Å². The van der Waals surface area contributed by atoms with Crippen LogP contribution in [0.1, 0.15) is 13.3 Å². The summed E-state index contributed by atoms with van der Waals surface area (Å²) in [7, 11) is 3.81. The highest BCUT2D eigenvalue weighted by atomic mass is 16.5. The predicted molar refractivity (Wildman–Crippen MR) is 51.8 cm³/mol. The minimum Gasteiger partial charge on any atom is -0.486 e. The number of aromatic nitrogens is 2. The molecule has 1 atom stereocenters. The van der Waals surface area contributed by atoms with E-state index in [0.29, 0.717) is 0 Å². The number of rotatable bonds is 5.